The number of para-hydroxylation sites is 3. The minimum Gasteiger partial charge on any atom is -0.278 e. The van der Waals surface area contributed by atoms with Crippen molar-refractivity contribution in [3.63, 3.8) is 0 Å². The molecule has 7 aromatic heterocycles. The Morgan fingerprint density at radius 1 is 0.167 bits per heavy atom. The monoisotopic (exact) mass is 1770 g/mol. The van der Waals surface area contributed by atoms with Crippen LogP contribution in [0.3, 0.4) is 0 Å². The molecule has 3 aliphatic carbocycles. The smallest absolute Gasteiger partial charge is 0.235 e. The SMILES string of the molecule is CC1(C)c2ccccc2-c2cc3c4ccccc4n(-c4nccc(-c5ccc(-c6cccc(-c7ccccc7)c6)cc5)n4)c3cc21.CC1(C)c2ccccc2-c2cc3c4ccccc4n(-c4nccc(-c5cccc(-c6ccc(-c7ccccc7)cc6)c5)n4)c3cc21.CC1(C)c2ccccc2-c2cc3c4ccccc4n(-c4nccc(-c5nc(-c6ccccc6)cc(-c6ccccc6)n5)n4)c3cc21. The van der Waals surface area contributed by atoms with Crippen molar-refractivity contribution in [2.24, 2.45) is 0 Å². The second kappa shape index (κ2) is 33.0. The maximum atomic E-state index is 5.20. The molecule has 11 nitrogen and oxygen atoms in total. The van der Waals surface area contributed by atoms with E-state index >= 15 is 0 Å². The van der Waals surface area contributed by atoms with Gasteiger partial charge in [-0.25, -0.2) is 39.9 Å². The lowest BCUT2D eigenvalue weighted by atomic mass is 9.82. The van der Waals surface area contributed by atoms with Crippen molar-refractivity contribution in [2.45, 2.75) is 57.8 Å². The molecule has 0 saturated heterocycles. The molecule has 0 atom stereocenters. The first-order chi connectivity index (χ1) is 67.7. The Labute approximate surface area is 800 Å². The standard InChI is InChI=1S/2C43H31N3.C41H29N5/c1-43(2)37-17-8-6-15-33(37)35-26-36-34-16-7-9-18-40(34)46(41(36)27-38(35)43)42-44-24-23-39(45-42)30-21-19-29(20-22-30)32-14-10-13-31(25-32)28-11-4-3-5-12-28;1-43(2)37-17-8-6-15-33(37)35-26-36-34-16-7-9-18-40(34)46(41(36)27-38(35)43)42-44-24-23-39(45-42)32-14-10-13-31(25-32)30-21-19-29(20-22-30)28-11-4-3-5-12-28;1-41(2)32-19-11-9-17-28(32)30-23-31-29-18-10-12-20-37(29)46(38(31)24-33(30)41)40-42-22-21-34(45-40)39-43-35(26-13-5-3-6-14-26)25-36(44-39)27-15-7-4-8-16-27/h2*3-27H,1-2H3;3-25H,1-2H3. The third-order valence-electron chi connectivity index (χ3n) is 28.7. The van der Waals surface area contributed by atoms with Gasteiger partial charge in [0, 0.05) is 89.4 Å². The second-order valence-corrected chi connectivity index (χ2v) is 37.8. The Morgan fingerprint density at radius 3 is 0.819 bits per heavy atom. The Bertz CT molecular complexity index is 8900. The lowest BCUT2D eigenvalue weighted by Crippen LogP contribution is -2.15. The lowest BCUT2D eigenvalue weighted by Gasteiger charge is -2.21. The predicted octanol–water partition coefficient (Wildman–Crippen LogP) is 31.4. The summed E-state index contributed by atoms with van der Waals surface area (Å²) in [6.07, 6.45) is 5.57. The molecule has 0 radical (unpaired) electrons. The summed E-state index contributed by atoms with van der Waals surface area (Å²) in [5.41, 5.74) is 40.2. The summed E-state index contributed by atoms with van der Waals surface area (Å²) in [5.74, 6) is 2.50. The van der Waals surface area contributed by atoms with Crippen LogP contribution in [0.15, 0.2) is 443 Å². The van der Waals surface area contributed by atoms with Gasteiger partial charge in [0.15, 0.2) is 5.82 Å². The number of nitrogens with zero attached hydrogens (tertiary/aromatic N) is 11. The van der Waals surface area contributed by atoms with E-state index in [-0.39, 0.29) is 16.2 Å². The van der Waals surface area contributed by atoms with E-state index in [2.05, 4.69) is 419 Å². The van der Waals surface area contributed by atoms with Gasteiger partial charge in [0.1, 0.15) is 5.69 Å². The Balaban J connectivity index is 0.000000110. The van der Waals surface area contributed by atoms with Gasteiger partial charge in [-0.05, 0) is 202 Å². The maximum absolute atomic E-state index is 5.20. The maximum Gasteiger partial charge on any atom is 0.235 e. The summed E-state index contributed by atoms with van der Waals surface area (Å²) in [7, 11) is 0. The Hall–Kier alpha value is -17.5. The predicted molar refractivity (Wildman–Crippen MR) is 566 cm³/mol. The zero-order valence-electron chi connectivity index (χ0n) is 77.1. The van der Waals surface area contributed by atoms with Crippen LogP contribution in [0.4, 0.5) is 0 Å². The number of rotatable bonds is 12. The molecule has 654 valence electrons. The van der Waals surface area contributed by atoms with Crippen LogP contribution in [0.1, 0.15) is 74.9 Å². The molecule has 7 heterocycles. The molecule has 27 rings (SSSR count). The molecule has 17 aromatic carbocycles. The molecule has 0 unspecified atom stereocenters. The molecule has 11 heteroatoms. The van der Waals surface area contributed by atoms with Crippen LogP contribution in [0.25, 0.3) is 218 Å². The van der Waals surface area contributed by atoms with Gasteiger partial charge in [0.05, 0.1) is 55.9 Å². The minimum atomic E-state index is -0.121. The van der Waals surface area contributed by atoms with Crippen molar-refractivity contribution in [2.75, 3.05) is 0 Å². The number of hydrogen-bond acceptors (Lipinski definition) is 8. The summed E-state index contributed by atoms with van der Waals surface area (Å²) >= 11 is 0. The summed E-state index contributed by atoms with van der Waals surface area (Å²) in [4.78, 5) is 40.1. The van der Waals surface area contributed by atoms with E-state index < -0.39 is 0 Å². The highest BCUT2D eigenvalue weighted by Crippen LogP contribution is 2.55. The van der Waals surface area contributed by atoms with Crippen LogP contribution in [0.5, 0.6) is 0 Å². The fourth-order valence-corrected chi connectivity index (χ4v) is 21.7. The van der Waals surface area contributed by atoms with E-state index in [0.717, 1.165) is 83.7 Å². The van der Waals surface area contributed by atoms with E-state index in [4.69, 9.17) is 39.9 Å². The first kappa shape index (κ1) is 82.4. The average Bonchev–Trinajstić information content (AvgIpc) is 1.56. The molecular formula is C127H91N11. The van der Waals surface area contributed by atoms with E-state index in [9.17, 15) is 0 Å². The van der Waals surface area contributed by atoms with Crippen LogP contribution in [-0.4, -0.2) is 53.6 Å². The van der Waals surface area contributed by atoms with Crippen LogP contribution in [0.2, 0.25) is 0 Å². The van der Waals surface area contributed by atoms with Gasteiger partial charge in [0.25, 0.3) is 0 Å². The van der Waals surface area contributed by atoms with Gasteiger partial charge < -0.3 is 0 Å². The molecule has 0 bridgehead atoms. The second-order valence-electron chi connectivity index (χ2n) is 37.8. The average molecular weight is 1770 g/mol. The molecule has 0 N–H and O–H groups in total. The zero-order chi connectivity index (χ0) is 92.5. The zero-order valence-corrected chi connectivity index (χ0v) is 77.1. The van der Waals surface area contributed by atoms with E-state index in [1.807, 2.05) is 79.3 Å². The third-order valence-corrected chi connectivity index (χ3v) is 28.7. The lowest BCUT2D eigenvalue weighted by molar-refractivity contribution is 0.660. The van der Waals surface area contributed by atoms with Crippen molar-refractivity contribution >= 4 is 65.4 Å². The summed E-state index contributed by atoms with van der Waals surface area (Å²) < 4.78 is 6.66. The molecule has 0 saturated carbocycles. The topological polar surface area (TPSA) is 118 Å². The van der Waals surface area contributed by atoms with Crippen LogP contribution in [-0.2, 0) is 16.2 Å². The highest BCUT2D eigenvalue weighted by atomic mass is 15.2. The number of fused-ring (bicyclic) bond motifs is 18. The molecular weight excluding hydrogens is 1680 g/mol. The van der Waals surface area contributed by atoms with Crippen LogP contribution in [0, 0.1) is 0 Å². The fourth-order valence-electron chi connectivity index (χ4n) is 21.7. The fraction of sp³-hybridized carbons (Fsp3) is 0.0709. The van der Waals surface area contributed by atoms with Crippen LogP contribution < -0.4 is 0 Å². The van der Waals surface area contributed by atoms with Gasteiger partial charge in [-0.15, -0.1) is 0 Å². The summed E-state index contributed by atoms with van der Waals surface area (Å²) in [5, 5.41) is 7.21. The van der Waals surface area contributed by atoms with E-state index in [1.165, 1.54) is 138 Å². The number of benzene rings is 17. The third kappa shape index (κ3) is 13.9. The van der Waals surface area contributed by atoms with Crippen molar-refractivity contribution in [3.8, 4) is 152 Å². The van der Waals surface area contributed by atoms with Gasteiger partial charge in [-0.3, -0.25) is 13.7 Å². The minimum absolute atomic E-state index is 0.0908. The normalized spacial score (nSPS) is 13.2. The van der Waals surface area contributed by atoms with E-state index in [0.29, 0.717) is 29.4 Å². The number of hydrogen-bond donors (Lipinski definition) is 0. The van der Waals surface area contributed by atoms with Gasteiger partial charge in [-0.1, -0.05) is 375 Å². The van der Waals surface area contributed by atoms with Crippen LogP contribution >= 0.6 is 0 Å². The number of aromatic nitrogens is 11. The molecule has 0 amide bonds. The van der Waals surface area contributed by atoms with Crippen molar-refractivity contribution < 1.29 is 0 Å². The van der Waals surface area contributed by atoms with Gasteiger partial charge >= 0.3 is 0 Å². The molecule has 138 heavy (non-hydrogen) atoms. The van der Waals surface area contributed by atoms with Crippen molar-refractivity contribution in [1.82, 2.24) is 53.6 Å². The van der Waals surface area contributed by atoms with Gasteiger partial charge in [0.2, 0.25) is 17.8 Å². The highest BCUT2D eigenvalue weighted by Gasteiger charge is 2.40. The Morgan fingerprint density at radius 2 is 0.435 bits per heavy atom. The molecule has 24 aromatic rings. The summed E-state index contributed by atoms with van der Waals surface area (Å²) in [6, 6.07) is 151. The largest absolute Gasteiger partial charge is 0.278 e. The van der Waals surface area contributed by atoms with Crippen molar-refractivity contribution in [3.05, 3.63) is 477 Å². The molecule has 0 aliphatic heterocycles. The van der Waals surface area contributed by atoms with E-state index in [1.54, 1.807) is 0 Å². The molecule has 3 aliphatic rings. The first-order valence-corrected chi connectivity index (χ1v) is 47.2. The Kier molecular flexibility index (Phi) is 19.7. The summed E-state index contributed by atoms with van der Waals surface area (Å²) in [6.45, 7) is 13.9. The molecule has 0 spiro atoms. The molecule has 0 fully saturated rings. The first-order valence-electron chi connectivity index (χ1n) is 47.2. The van der Waals surface area contributed by atoms with Crippen molar-refractivity contribution in [1.29, 1.82) is 0 Å². The van der Waals surface area contributed by atoms with Gasteiger partial charge in [-0.2, -0.15) is 0 Å². The highest BCUT2D eigenvalue weighted by molar-refractivity contribution is 6.14. The quantitative estimate of drug-likeness (QED) is 0.119.